The minimum Gasteiger partial charge on any atom is -0.507 e. The molecule has 0 amide bonds. The molecule has 1 aliphatic carbocycles. The van der Waals surface area contributed by atoms with Crippen LogP contribution >= 0.6 is 0 Å². The van der Waals surface area contributed by atoms with E-state index < -0.39 is 0 Å². The highest BCUT2D eigenvalue weighted by molar-refractivity contribution is 6.03. The van der Waals surface area contributed by atoms with Crippen molar-refractivity contribution in [1.82, 2.24) is 0 Å². The molecule has 0 fully saturated rings. The van der Waals surface area contributed by atoms with Crippen molar-refractivity contribution in [2.75, 3.05) is 0 Å². The molecule has 2 rings (SSSR count). The first-order valence-corrected chi connectivity index (χ1v) is 4.45. The molecule has 72 valence electrons. The van der Waals surface area contributed by atoms with Gasteiger partial charge in [0.2, 0.25) is 0 Å². The van der Waals surface area contributed by atoms with Gasteiger partial charge in [0.25, 0.3) is 0 Å². The number of aromatic hydroxyl groups is 2. The maximum atomic E-state index is 11.6. The van der Waals surface area contributed by atoms with Gasteiger partial charge in [0.1, 0.15) is 11.5 Å². The lowest BCUT2D eigenvalue weighted by Crippen LogP contribution is -2.00. The summed E-state index contributed by atoms with van der Waals surface area (Å²) in [5.74, 6) is -0.156. The summed E-state index contributed by atoms with van der Waals surface area (Å²) < 4.78 is 0. The average molecular weight is 190 g/mol. The topological polar surface area (TPSA) is 57.5 Å². The molecule has 1 aromatic rings. The van der Waals surface area contributed by atoms with Crippen molar-refractivity contribution in [2.24, 2.45) is 0 Å². The van der Waals surface area contributed by atoms with Crippen LogP contribution in [0.25, 0.3) is 6.08 Å². The summed E-state index contributed by atoms with van der Waals surface area (Å²) in [6.07, 6.45) is 4.52. The first-order chi connectivity index (χ1) is 6.70. The highest BCUT2D eigenvalue weighted by Crippen LogP contribution is 2.33. The van der Waals surface area contributed by atoms with Crippen LogP contribution in [-0.2, 0) is 0 Å². The van der Waals surface area contributed by atoms with Gasteiger partial charge in [0, 0.05) is 12.0 Å². The van der Waals surface area contributed by atoms with Gasteiger partial charge in [-0.2, -0.15) is 0 Å². The molecule has 0 radical (unpaired) electrons. The summed E-state index contributed by atoms with van der Waals surface area (Å²) >= 11 is 0. The zero-order valence-corrected chi connectivity index (χ0v) is 7.53. The molecule has 0 atom stereocenters. The number of hydrogen-bond acceptors (Lipinski definition) is 3. The minimum atomic E-state index is -0.126. The highest BCUT2D eigenvalue weighted by atomic mass is 16.3. The molecule has 2 N–H and O–H groups in total. The zero-order chi connectivity index (χ0) is 10.1. The molecule has 0 spiro atoms. The summed E-state index contributed by atoms with van der Waals surface area (Å²) in [6.45, 7) is 0. The fourth-order valence-corrected chi connectivity index (χ4v) is 1.60. The van der Waals surface area contributed by atoms with Gasteiger partial charge in [-0.05, 0) is 18.6 Å². The second-order valence-electron chi connectivity index (χ2n) is 3.26. The molecule has 3 nitrogen and oxygen atoms in total. The molecule has 0 aliphatic heterocycles. The first kappa shape index (κ1) is 8.81. The van der Waals surface area contributed by atoms with Gasteiger partial charge in [-0.3, -0.25) is 4.79 Å². The van der Waals surface area contributed by atoms with Crippen molar-refractivity contribution in [3.05, 3.63) is 29.3 Å². The molecule has 0 heterocycles. The van der Waals surface area contributed by atoms with Crippen LogP contribution in [0.3, 0.4) is 0 Å². The third-order valence-corrected chi connectivity index (χ3v) is 2.30. The van der Waals surface area contributed by atoms with Gasteiger partial charge in [-0.25, -0.2) is 0 Å². The number of rotatable bonds is 0. The van der Waals surface area contributed by atoms with Crippen molar-refractivity contribution in [3.63, 3.8) is 0 Å². The van der Waals surface area contributed by atoms with E-state index in [4.69, 9.17) is 0 Å². The maximum Gasteiger partial charge on any atom is 0.167 e. The van der Waals surface area contributed by atoms with Gasteiger partial charge in [-0.15, -0.1) is 0 Å². The normalized spacial score (nSPS) is 15.0. The third-order valence-electron chi connectivity index (χ3n) is 2.30. The molecule has 0 saturated carbocycles. The lowest BCUT2D eigenvalue weighted by Gasteiger charge is -2.06. The summed E-state index contributed by atoms with van der Waals surface area (Å²) in [7, 11) is 0. The van der Waals surface area contributed by atoms with Crippen molar-refractivity contribution in [2.45, 2.75) is 12.8 Å². The van der Waals surface area contributed by atoms with Crippen LogP contribution in [0.1, 0.15) is 28.8 Å². The molecule has 0 unspecified atom stereocenters. The predicted octanol–water partition coefficient (Wildman–Crippen LogP) is 2.09. The van der Waals surface area contributed by atoms with Crippen LogP contribution in [0.15, 0.2) is 18.2 Å². The van der Waals surface area contributed by atoms with E-state index in [1.165, 1.54) is 12.1 Å². The van der Waals surface area contributed by atoms with Crippen LogP contribution in [0.5, 0.6) is 11.5 Å². The van der Waals surface area contributed by atoms with E-state index in [0.29, 0.717) is 18.4 Å². The van der Waals surface area contributed by atoms with Crippen molar-refractivity contribution >= 4 is 11.9 Å². The summed E-state index contributed by atoms with van der Waals surface area (Å²) in [6, 6.07) is 2.72. The fraction of sp³-hybridized carbons (Fsp3) is 0.182. The Balaban J connectivity index is 2.71. The number of carbonyl (C=O) groups excluding carboxylic acids is 1. The number of ketones is 1. The Labute approximate surface area is 81.3 Å². The van der Waals surface area contributed by atoms with Crippen LogP contribution in [0, 0.1) is 0 Å². The molecule has 3 heteroatoms. The molecule has 0 aromatic heterocycles. The molecule has 1 aliphatic rings. The van der Waals surface area contributed by atoms with E-state index in [2.05, 4.69) is 0 Å². The quantitative estimate of drug-likeness (QED) is 0.616. The number of Topliss-reactive ketones (excluding diaryl/α,β-unsaturated/α-hetero) is 1. The lowest BCUT2D eigenvalue weighted by atomic mass is 10.0. The predicted molar refractivity (Wildman–Crippen MR) is 52.4 cm³/mol. The van der Waals surface area contributed by atoms with E-state index >= 15 is 0 Å². The van der Waals surface area contributed by atoms with Crippen molar-refractivity contribution in [3.8, 4) is 11.5 Å². The SMILES string of the molecule is O=C1CCC=Cc2c(O)ccc(O)c21. The Hall–Kier alpha value is -1.77. The van der Waals surface area contributed by atoms with E-state index in [1.807, 2.05) is 6.08 Å². The van der Waals surface area contributed by atoms with Gasteiger partial charge < -0.3 is 10.2 Å². The van der Waals surface area contributed by atoms with Crippen molar-refractivity contribution < 1.29 is 15.0 Å². The number of fused-ring (bicyclic) bond motifs is 1. The molecule has 0 bridgehead atoms. The fourth-order valence-electron chi connectivity index (χ4n) is 1.60. The Morgan fingerprint density at radius 1 is 1.14 bits per heavy atom. The van der Waals surface area contributed by atoms with E-state index in [-0.39, 0.29) is 22.8 Å². The van der Waals surface area contributed by atoms with Gasteiger partial charge in [0.15, 0.2) is 5.78 Å². The second kappa shape index (κ2) is 3.18. The summed E-state index contributed by atoms with van der Waals surface area (Å²) in [5, 5.41) is 19.0. The summed E-state index contributed by atoms with van der Waals surface area (Å²) in [4.78, 5) is 11.6. The average Bonchev–Trinajstić information content (AvgIpc) is 2.35. The molecule has 1 aromatic carbocycles. The Morgan fingerprint density at radius 2 is 1.86 bits per heavy atom. The van der Waals surface area contributed by atoms with Gasteiger partial charge in [0.05, 0.1) is 5.56 Å². The second-order valence-corrected chi connectivity index (χ2v) is 3.26. The lowest BCUT2D eigenvalue weighted by molar-refractivity contribution is 0.0981. The first-order valence-electron chi connectivity index (χ1n) is 4.45. The van der Waals surface area contributed by atoms with Gasteiger partial charge in [-0.1, -0.05) is 12.2 Å². The van der Waals surface area contributed by atoms with E-state index in [0.717, 1.165) is 0 Å². The molecule has 0 saturated heterocycles. The number of carbonyl (C=O) groups is 1. The van der Waals surface area contributed by atoms with Gasteiger partial charge >= 0.3 is 0 Å². The standard InChI is InChI=1S/C11H10O3/c12-8-5-6-10(14)11-7(8)3-1-2-4-9(11)13/h1,3,5-6,12,14H,2,4H2. The van der Waals surface area contributed by atoms with Crippen LogP contribution in [0.2, 0.25) is 0 Å². The third kappa shape index (κ3) is 1.27. The Morgan fingerprint density at radius 3 is 2.64 bits per heavy atom. The number of benzene rings is 1. The largest absolute Gasteiger partial charge is 0.507 e. The number of hydrogen-bond donors (Lipinski definition) is 2. The number of phenols is 2. The highest BCUT2D eigenvalue weighted by Gasteiger charge is 2.19. The Bertz CT molecular complexity index is 419. The van der Waals surface area contributed by atoms with Crippen LogP contribution < -0.4 is 0 Å². The van der Waals surface area contributed by atoms with E-state index in [1.54, 1.807) is 6.08 Å². The van der Waals surface area contributed by atoms with E-state index in [9.17, 15) is 15.0 Å². The minimum absolute atomic E-state index is 0.0318. The summed E-state index contributed by atoms with van der Waals surface area (Å²) in [5.41, 5.74) is 0.659. The maximum absolute atomic E-state index is 11.6. The Kier molecular flexibility index (Phi) is 2.00. The molecular weight excluding hydrogens is 180 g/mol. The number of phenolic OH excluding ortho intramolecular Hbond substituents is 2. The monoisotopic (exact) mass is 190 g/mol. The van der Waals surface area contributed by atoms with Crippen molar-refractivity contribution in [1.29, 1.82) is 0 Å². The smallest absolute Gasteiger partial charge is 0.167 e. The van der Waals surface area contributed by atoms with Crippen LogP contribution in [0.4, 0.5) is 0 Å². The van der Waals surface area contributed by atoms with Crippen LogP contribution in [-0.4, -0.2) is 16.0 Å². The molecular formula is C11H10O3. The number of allylic oxidation sites excluding steroid dienone is 1. The zero-order valence-electron chi connectivity index (χ0n) is 7.53. The molecule has 14 heavy (non-hydrogen) atoms.